The third-order valence-electron chi connectivity index (χ3n) is 1.42. The summed E-state index contributed by atoms with van der Waals surface area (Å²) in [5.74, 6) is 0. The Morgan fingerprint density at radius 1 is 1.42 bits per heavy atom. The number of aromatic nitrogens is 2. The quantitative estimate of drug-likeness (QED) is 0.637. The Morgan fingerprint density at radius 3 is 2.50 bits per heavy atom. The zero-order valence-electron chi connectivity index (χ0n) is 8.20. The van der Waals surface area contributed by atoms with Crippen LogP contribution < -0.4 is 0 Å². The van der Waals surface area contributed by atoms with Crippen LogP contribution in [0, 0.1) is 0 Å². The van der Waals surface area contributed by atoms with E-state index < -0.39 is 0 Å². The molecule has 0 unspecified atom stereocenters. The maximum Gasteiger partial charge on any atom is 0.116 e. The zero-order valence-corrected chi connectivity index (χ0v) is 8.20. The fraction of sp³-hybridized carbons (Fsp3) is 0.400. The molecule has 0 aliphatic carbocycles. The average molecular weight is 164 g/mol. The van der Waals surface area contributed by atoms with Crippen molar-refractivity contribution in [3.8, 4) is 0 Å². The second kappa shape index (κ2) is 6.53. The number of allylic oxidation sites excluding steroid dienone is 2. The van der Waals surface area contributed by atoms with E-state index in [4.69, 9.17) is 0 Å². The highest BCUT2D eigenvalue weighted by molar-refractivity contribution is 5.59. The molecule has 0 aromatic carbocycles. The van der Waals surface area contributed by atoms with Gasteiger partial charge in [-0.15, -0.1) is 0 Å². The van der Waals surface area contributed by atoms with Crippen LogP contribution in [0.3, 0.4) is 0 Å². The Balaban J connectivity index is 0.000000561. The van der Waals surface area contributed by atoms with Crippen molar-refractivity contribution >= 4 is 5.57 Å². The van der Waals surface area contributed by atoms with Crippen molar-refractivity contribution in [2.24, 2.45) is 0 Å². The van der Waals surface area contributed by atoms with Crippen LogP contribution in [0.5, 0.6) is 0 Å². The maximum atomic E-state index is 4.07. The summed E-state index contributed by atoms with van der Waals surface area (Å²) < 4.78 is 0. The standard InChI is InChI=1S/C8H10N2.C2H6/c1-3-7(2)8-4-5-9-6-10-8;1-2/h3-6H,1-2H3;1-2H3/b7-3+;. The monoisotopic (exact) mass is 164 g/mol. The lowest BCUT2D eigenvalue weighted by atomic mass is 10.2. The summed E-state index contributed by atoms with van der Waals surface area (Å²) in [6, 6.07) is 1.90. The smallest absolute Gasteiger partial charge is 0.116 e. The van der Waals surface area contributed by atoms with Crippen LogP contribution in [0.2, 0.25) is 0 Å². The van der Waals surface area contributed by atoms with Gasteiger partial charge in [-0.2, -0.15) is 0 Å². The van der Waals surface area contributed by atoms with Crippen LogP contribution in [-0.4, -0.2) is 9.97 Å². The Bertz CT molecular complexity index is 227. The molecule has 0 amide bonds. The second-order valence-corrected chi connectivity index (χ2v) is 2.07. The first-order chi connectivity index (χ1) is 5.84. The van der Waals surface area contributed by atoms with Gasteiger partial charge in [0.2, 0.25) is 0 Å². The highest BCUT2D eigenvalue weighted by Gasteiger charge is 1.91. The molecule has 2 heteroatoms. The fourth-order valence-electron chi connectivity index (χ4n) is 0.672. The maximum absolute atomic E-state index is 4.07. The van der Waals surface area contributed by atoms with Gasteiger partial charge in [-0.25, -0.2) is 9.97 Å². The average Bonchev–Trinajstić information content (AvgIpc) is 2.21. The molecule has 1 heterocycles. The molecule has 0 atom stereocenters. The number of rotatable bonds is 1. The summed E-state index contributed by atoms with van der Waals surface area (Å²) in [5, 5.41) is 0. The molecule has 0 saturated carbocycles. The lowest BCUT2D eigenvalue weighted by Gasteiger charge is -1.95. The first kappa shape index (κ1) is 10.8. The molecular formula is C10H16N2. The van der Waals surface area contributed by atoms with Gasteiger partial charge in [0, 0.05) is 6.20 Å². The minimum absolute atomic E-state index is 0.998. The normalized spacial score (nSPS) is 10.2. The first-order valence-corrected chi connectivity index (χ1v) is 4.24. The molecule has 1 rings (SSSR count). The second-order valence-electron chi connectivity index (χ2n) is 2.07. The number of hydrogen-bond donors (Lipinski definition) is 0. The van der Waals surface area contributed by atoms with Crippen molar-refractivity contribution in [2.75, 3.05) is 0 Å². The van der Waals surface area contributed by atoms with E-state index in [1.807, 2.05) is 39.8 Å². The van der Waals surface area contributed by atoms with E-state index in [9.17, 15) is 0 Å². The molecule has 1 aromatic heterocycles. The van der Waals surface area contributed by atoms with Gasteiger partial charge in [-0.3, -0.25) is 0 Å². The first-order valence-electron chi connectivity index (χ1n) is 4.24. The van der Waals surface area contributed by atoms with Gasteiger partial charge >= 0.3 is 0 Å². The molecule has 1 aromatic rings. The molecule has 0 saturated heterocycles. The van der Waals surface area contributed by atoms with Gasteiger partial charge in [0.05, 0.1) is 5.69 Å². The van der Waals surface area contributed by atoms with Crippen molar-refractivity contribution in [2.45, 2.75) is 27.7 Å². The third kappa shape index (κ3) is 3.28. The lowest BCUT2D eigenvalue weighted by molar-refractivity contribution is 1.14. The summed E-state index contributed by atoms with van der Waals surface area (Å²) in [6.07, 6.45) is 5.33. The Labute approximate surface area is 74.4 Å². The number of hydrogen-bond acceptors (Lipinski definition) is 2. The van der Waals surface area contributed by atoms with E-state index in [2.05, 4.69) is 9.97 Å². The molecule has 0 aliphatic heterocycles. The van der Waals surface area contributed by atoms with Crippen LogP contribution in [0.4, 0.5) is 0 Å². The Morgan fingerprint density at radius 2 is 2.08 bits per heavy atom. The predicted molar refractivity (Wildman–Crippen MR) is 52.7 cm³/mol. The topological polar surface area (TPSA) is 25.8 Å². The Hall–Kier alpha value is -1.18. The largest absolute Gasteiger partial charge is 0.245 e. The molecule has 0 bridgehead atoms. The molecule has 0 radical (unpaired) electrons. The van der Waals surface area contributed by atoms with Gasteiger partial charge in [0.1, 0.15) is 6.33 Å². The summed E-state index contributed by atoms with van der Waals surface area (Å²) in [5.41, 5.74) is 2.18. The van der Waals surface area contributed by atoms with Crippen molar-refractivity contribution in [3.05, 3.63) is 30.4 Å². The van der Waals surface area contributed by atoms with Crippen LogP contribution >= 0.6 is 0 Å². The van der Waals surface area contributed by atoms with E-state index in [-0.39, 0.29) is 0 Å². The van der Waals surface area contributed by atoms with Crippen LogP contribution in [0.25, 0.3) is 5.57 Å². The molecule has 0 fully saturated rings. The highest BCUT2D eigenvalue weighted by Crippen LogP contribution is 2.06. The van der Waals surface area contributed by atoms with Crippen molar-refractivity contribution in [1.29, 1.82) is 0 Å². The molecule has 0 N–H and O–H groups in total. The molecule has 66 valence electrons. The van der Waals surface area contributed by atoms with Crippen molar-refractivity contribution in [3.63, 3.8) is 0 Å². The number of nitrogens with zero attached hydrogens (tertiary/aromatic N) is 2. The van der Waals surface area contributed by atoms with E-state index >= 15 is 0 Å². The summed E-state index contributed by atoms with van der Waals surface area (Å²) in [7, 11) is 0. The zero-order chi connectivity index (χ0) is 9.40. The molecule has 2 nitrogen and oxygen atoms in total. The predicted octanol–water partition coefficient (Wildman–Crippen LogP) is 2.93. The lowest BCUT2D eigenvalue weighted by Crippen LogP contribution is -1.84. The molecular weight excluding hydrogens is 148 g/mol. The van der Waals surface area contributed by atoms with Crippen LogP contribution in [0.1, 0.15) is 33.4 Å². The molecule has 0 spiro atoms. The van der Waals surface area contributed by atoms with Crippen LogP contribution in [0.15, 0.2) is 24.7 Å². The van der Waals surface area contributed by atoms with Gasteiger partial charge < -0.3 is 0 Å². The minimum atomic E-state index is 0.998. The minimum Gasteiger partial charge on any atom is -0.245 e. The van der Waals surface area contributed by atoms with Gasteiger partial charge in [-0.05, 0) is 25.5 Å². The van der Waals surface area contributed by atoms with Crippen LogP contribution in [-0.2, 0) is 0 Å². The Kier molecular flexibility index (Phi) is 5.88. The van der Waals surface area contributed by atoms with E-state index in [1.165, 1.54) is 5.57 Å². The summed E-state index contributed by atoms with van der Waals surface area (Å²) in [4.78, 5) is 7.89. The fourth-order valence-corrected chi connectivity index (χ4v) is 0.672. The molecule has 0 aliphatic rings. The van der Waals surface area contributed by atoms with Gasteiger partial charge in [0.25, 0.3) is 0 Å². The van der Waals surface area contributed by atoms with E-state index in [0.29, 0.717) is 0 Å². The van der Waals surface area contributed by atoms with Gasteiger partial charge in [-0.1, -0.05) is 19.9 Å². The van der Waals surface area contributed by atoms with E-state index in [1.54, 1.807) is 12.5 Å². The third-order valence-corrected chi connectivity index (χ3v) is 1.42. The van der Waals surface area contributed by atoms with Gasteiger partial charge in [0.15, 0.2) is 0 Å². The molecule has 12 heavy (non-hydrogen) atoms. The summed E-state index contributed by atoms with van der Waals surface area (Å²) >= 11 is 0. The van der Waals surface area contributed by atoms with Crippen molar-refractivity contribution in [1.82, 2.24) is 9.97 Å². The SMILES string of the molecule is C/C=C(\C)c1ccncn1.CC. The highest BCUT2D eigenvalue weighted by atomic mass is 14.8. The van der Waals surface area contributed by atoms with Crippen molar-refractivity contribution < 1.29 is 0 Å². The summed E-state index contributed by atoms with van der Waals surface area (Å²) in [6.45, 7) is 8.03. The van der Waals surface area contributed by atoms with E-state index in [0.717, 1.165) is 5.69 Å².